The van der Waals surface area contributed by atoms with Crippen LogP contribution in [0.2, 0.25) is 0 Å². The minimum absolute atomic E-state index is 0.514. The Morgan fingerprint density at radius 1 is 1.54 bits per heavy atom. The Bertz CT molecular complexity index is 234. The SMILES string of the molecule is CCC1=CCCCC1C#CC(C)C. The Kier molecular flexibility index (Phi) is 4.09. The highest BCUT2D eigenvalue weighted by Crippen LogP contribution is 2.26. The average molecular weight is 176 g/mol. The van der Waals surface area contributed by atoms with Crippen molar-refractivity contribution >= 4 is 0 Å². The molecule has 0 heterocycles. The average Bonchev–Trinajstić information content (AvgIpc) is 2.15. The number of allylic oxidation sites excluding steroid dienone is 2. The van der Waals surface area contributed by atoms with E-state index in [1.807, 2.05) is 0 Å². The molecule has 0 heteroatoms. The van der Waals surface area contributed by atoms with Gasteiger partial charge in [-0.2, -0.15) is 0 Å². The first kappa shape index (κ1) is 10.4. The maximum absolute atomic E-state index is 3.40. The van der Waals surface area contributed by atoms with Crippen LogP contribution in [0.1, 0.15) is 46.5 Å². The molecule has 1 aliphatic carbocycles. The molecular weight excluding hydrogens is 156 g/mol. The van der Waals surface area contributed by atoms with Gasteiger partial charge in [0.25, 0.3) is 0 Å². The van der Waals surface area contributed by atoms with Gasteiger partial charge in [0.1, 0.15) is 0 Å². The lowest BCUT2D eigenvalue weighted by atomic mass is 9.86. The van der Waals surface area contributed by atoms with Crippen LogP contribution in [0.3, 0.4) is 0 Å². The molecule has 0 saturated carbocycles. The molecule has 1 atom stereocenters. The van der Waals surface area contributed by atoms with Gasteiger partial charge in [-0.3, -0.25) is 0 Å². The van der Waals surface area contributed by atoms with Crippen LogP contribution in [0.4, 0.5) is 0 Å². The minimum Gasteiger partial charge on any atom is -0.0999 e. The molecule has 1 rings (SSSR count). The highest BCUT2D eigenvalue weighted by Gasteiger charge is 2.13. The van der Waals surface area contributed by atoms with Gasteiger partial charge < -0.3 is 0 Å². The zero-order valence-electron chi connectivity index (χ0n) is 9.06. The van der Waals surface area contributed by atoms with Crippen LogP contribution in [0.25, 0.3) is 0 Å². The van der Waals surface area contributed by atoms with Crippen LogP contribution in [0, 0.1) is 23.7 Å². The molecular formula is C13H20. The molecule has 0 radical (unpaired) electrons. The van der Waals surface area contributed by atoms with Crippen LogP contribution in [-0.4, -0.2) is 0 Å². The minimum atomic E-state index is 0.514. The lowest BCUT2D eigenvalue weighted by Gasteiger charge is -2.18. The van der Waals surface area contributed by atoms with Crippen LogP contribution in [0.15, 0.2) is 11.6 Å². The van der Waals surface area contributed by atoms with E-state index in [0.717, 1.165) is 0 Å². The van der Waals surface area contributed by atoms with E-state index in [-0.39, 0.29) is 0 Å². The van der Waals surface area contributed by atoms with Crippen molar-refractivity contribution in [2.75, 3.05) is 0 Å². The van der Waals surface area contributed by atoms with Crippen molar-refractivity contribution in [2.45, 2.75) is 46.5 Å². The molecule has 1 aliphatic rings. The monoisotopic (exact) mass is 176 g/mol. The van der Waals surface area contributed by atoms with Crippen molar-refractivity contribution in [3.63, 3.8) is 0 Å². The first-order valence-corrected chi connectivity index (χ1v) is 5.44. The maximum Gasteiger partial charge on any atom is 0.0412 e. The molecule has 0 N–H and O–H groups in total. The first-order chi connectivity index (χ1) is 6.24. The Morgan fingerprint density at radius 3 is 2.92 bits per heavy atom. The molecule has 0 nitrogen and oxygen atoms in total. The van der Waals surface area contributed by atoms with Crippen molar-refractivity contribution in [3.05, 3.63) is 11.6 Å². The second-order valence-corrected chi connectivity index (χ2v) is 4.06. The molecule has 1 unspecified atom stereocenters. The van der Waals surface area contributed by atoms with Gasteiger partial charge >= 0.3 is 0 Å². The zero-order chi connectivity index (χ0) is 9.68. The molecule has 0 bridgehead atoms. The van der Waals surface area contributed by atoms with Gasteiger partial charge in [-0.25, -0.2) is 0 Å². The summed E-state index contributed by atoms with van der Waals surface area (Å²) in [6, 6.07) is 0. The second-order valence-electron chi connectivity index (χ2n) is 4.06. The Hall–Kier alpha value is -0.700. The molecule has 72 valence electrons. The van der Waals surface area contributed by atoms with Crippen LogP contribution in [-0.2, 0) is 0 Å². The standard InChI is InChI=1S/C13H20/c1-4-12-7-5-6-8-13(12)10-9-11(2)3/h7,11,13H,4-6,8H2,1-3H3. The van der Waals surface area contributed by atoms with Gasteiger partial charge in [0.05, 0.1) is 0 Å². The summed E-state index contributed by atoms with van der Waals surface area (Å²) in [6.07, 6.45) is 7.43. The van der Waals surface area contributed by atoms with Gasteiger partial charge in [-0.05, 0) is 25.7 Å². The summed E-state index contributed by atoms with van der Waals surface area (Å²) in [6.45, 7) is 6.55. The van der Waals surface area contributed by atoms with E-state index in [0.29, 0.717) is 11.8 Å². The summed E-state index contributed by atoms with van der Waals surface area (Å²) in [5, 5.41) is 0. The van der Waals surface area contributed by atoms with Crippen molar-refractivity contribution in [1.29, 1.82) is 0 Å². The van der Waals surface area contributed by atoms with Crippen LogP contribution < -0.4 is 0 Å². The molecule has 0 fully saturated rings. The highest BCUT2D eigenvalue weighted by molar-refractivity contribution is 5.21. The lowest BCUT2D eigenvalue weighted by Crippen LogP contribution is -2.06. The Morgan fingerprint density at radius 2 is 2.31 bits per heavy atom. The van der Waals surface area contributed by atoms with Crippen LogP contribution >= 0.6 is 0 Å². The van der Waals surface area contributed by atoms with E-state index in [9.17, 15) is 0 Å². The molecule has 0 aliphatic heterocycles. The van der Waals surface area contributed by atoms with Gasteiger partial charge in [0.2, 0.25) is 0 Å². The molecule has 13 heavy (non-hydrogen) atoms. The van der Waals surface area contributed by atoms with Crippen molar-refractivity contribution in [2.24, 2.45) is 11.8 Å². The fourth-order valence-corrected chi connectivity index (χ4v) is 1.76. The summed E-state index contributed by atoms with van der Waals surface area (Å²) >= 11 is 0. The molecule has 0 amide bonds. The van der Waals surface area contributed by atoms with E-state index < -0.39 is 0 Å². The number of rotatable bonds is 1. The lowest BCUT2D eigenvalue weighted by molar-refractivity contribution is 0.595. The summed E-state index contributed by atoms with van der Waals surface area (Å²) in [7, 11) is 0. The van der Waals surface area contributed by atoms with E-state index >= 15 is 0 Å². The Balaban J connectivity index is 2.64. The van der Waals surface area contributed by atoms with Gasteiger partial charge in [-0.1, -0.05) is 44.3 Å². The molecule has 0 aromatic rings. The predicted octanol–water partition coefficient (Wildman–Crippen LogP) is 3.78. The summed E-state index contributed by atoms with van der Waals surface area (Å²) in [4.78, 5) is 0. The zero-order valence-corrected chi connectivity index (χ0v) is 9.06. The summed E-state index contributed by atoms with van der Waals surface area (Å²) in [5.74, 6) is 7.78. The van der Waals surface area contributed by atoms with E-state index in [1.54, 1.807) is 5.57 Å². The van der Waals surface area contributed by atoms with Crippen LogP contribution in [0.5, 0.6) is 0 Å². The predicted molar refractivity (Wildman–Crippen MR) is 58.3 cm³/mol. The van der Waals surface area contributed by atoms with E-state index in [4.69, 9.17) is 0 Å². The maximum atomic E-state index is 3.40. The fraction of sp³-hybridized carbons (Fsp3) is 0.692. The molecule has 0 aromatic heterocycles. The third-order valence-corrected chi connectivity index (χ3v) is 2.51. The van der Waals surface area contributed by atoms with Gasteiger partial charge in [0, 0.05) is 11.8 Å². The first-order valence-electron chi connectivity index (χ1n) is 5.44. The van der Waals surface area contributed by atoms with Gasteiger partial charge in [-0.15, -0.1) is 0 Å². The number of hydrogen-bond donors (Lipinski definition) is 0. The quantitative estimate of drug-likeness (QED) is 0.421. The summed E-state index contributed by atoms with van der Waals surface area (Å²) < 4.78 is 0. The Labute approximate surface area is 82.4 Å². The smallest absolute Gasteiger partial charge is 0.0412 e. The van der Waals surface area contributed by atoms with Gasteiger partial charge in [0.15, 0.2) is 0 Å². The topological polar surface area (TPSA) is 0 Å². The number of hydrogen-bond acceptors (Lipinski definition) is 0. The van der Waals surface area contributed by atoms with Crippen molar-refractivity contribution in [1.82, 2.24) is 0 Å². The third kappa shape index (κ3) is 3.27. The summed E-state index contributed by atoms with van der Waals surface area (Å²) in [5.41, 5.74) is 1.57. The molecule has 0 saturated heterocycles. The van der Waals surface area contributed by atoms with E-state index in [1.165, 1.54) is 25.7 Å². The fourth-order valence-electron chi connectivity index (χ4n) is 1.76. The van der Waals surface area contributed by atoms with Crippen molar-refractivity contribution < 1.29 is 0 Å². The molecule has 0 spiro atoms. The molecule has 0 aromatic carbocycles. The third-order valence-electron chi connectivity index (χ3n) is 2.51. The largest absolute Gasteiger partial charge is 0.0999 e. The second kappa shape index (κ2) is 5.12. The normalized spacial score (nSPS) is 22.2. The van der Waals surface area contributed by atoms with Crippen molar-refractivity contribution in [3.8, 4) is 11.8 Å². The van der Waals surface area contributed by atoms with E-state index in [2.05, 4.69) is 38.7 Å². The highest BCUT2D eigenvalue weighted by atomic mass is 14.2.